The van der Waals surface area contributed by atoms with Crippen molar-refractivity contribution in [1.82, 2.24) is 0 Å². The molecule has 1 heteroatoms. The largest absolute Gasteiger partial charge is 0.402 e. The highest BCUT2D eigenvalue weighted by Gasteiger charge is 1.98. The zero-order chi connectivity index (χ0) is 7.40. The van der Waals surface area contributed by atoms with Crippen molar-refractivity contribution >= 4 is 0 Å². The molecule has 0 fully saturated rings. The molecule has 1 aliphatic rings. The summed E-state index contributed by atoms with van der Waals surface area (Å²) in [4.78, 5) is 0. The molecule has 1 rings (SSSR count). The summed E-state index contributed by atoms with van der Waals surface area (Å²) in [6.45, 7) is 3.66. The van der Waals surface area contributed by atoms with Crippen LogP contribution < -0.4 is 5.73 Å². The van der Waals surface area contributed by atoms with Gasteiger partial charge in [-0.05, 0) is 12.8 Å². The second kappa shape index (κ2) is 3.25. The molecule has 1 nitrogen and oxygen atoms in total. The molecule has 0 aromatic carbocycles. The predicted molar refractivity (Wildman–Crippen MR) is 44.4 cm³/mol. The van der Waals surface area contributed by atoms with Crippen LogP contribution in [0.25, 0.3) is 0 Å². The lowest BCUT2D eigenvalue weighted by atomic mass is 10.0. The van der Waals surface area contributed by atoms with Crippen LogP contribution in [-0.2, 0) is 0 Å². The third-order valence-corrected chi connectivity index (χ3v) is 1.55. The van der Waals surface area contributed by atoms with E-state index in [0.29, 0.717) is 0 Å². The summed E-state index contributed by atoms with van der Waals surface area (Å²) in [5, 5.41) is 0. The third kappa shape index (κ3) is 2.09. The van der Waals surface area contributed by atoms with Crippen molar-refractivity contribution in [3.05, 3.63) is 36.1 Å². The van der Waals surface area contributed by atoms with E-state index < -0.39 is 0 Å². The highest BCUT2D eigenvalue weighted by molar-refractivity contribution is 5.21. The fourth-order valence-corrected chi connectivity index (χ4v) is 1.09. The summed E-state index contributed by atoms with van der Waals surface area (Å²) < 4.78 is 0. The fraction of sp³-hybridized carbons (Fsp3) is 0.333. The molecular formula is C9H13N. The maximum Gasteiger partial charge on any atom is 0.00767 e. The SMILES string of the molecule is C=C(N)CC1=CC=CCC1. The quantitative estimate of drug-likeness (QED) is 0.616. The maximum atomic E-state index is 5.46. The molecule has 0 aromatic heterocycles. The van der Waals surface area contributed by atoms with E-state index in [9.17, 15) is 0 Å². The van der Waals surface area contributed by atoms with Gasteiger partial charge in [-0.1, -0.05) is 30.4 Å². The molecule has 0 radical (unpaired) electrons. The average molecular weight is 135 g/mol. The van der Waals surface area contributed by atoms with Crippen LogP contribution >= 0.6 is 0 Å². The lowest BCUT2D eigenvalue weighted by Gasteiger charge is -2.07. The van der Waals surface area contributed by atoms with E-state index in [1.54, 1.807) is 0 Å². The van der Waals surface area contributed by atoms with Crippen molar-refractivity contribution < 1.29 is 0 Å². The Kier molecular flexibility index (Phi) is 2.32. The van der Waals surface area contributed by atoms with Gasteiger partial charge in [0, 0.05) is 12.1 Å². The highest BCUT2D eigenvalue weighted by Crippen LogP contribution is 2.16. The molecule has 1 aliphatic carbocycles. The van der Waals surface area contributed by atoms with Gasteiger partial charge in [0.25, 0.3) is 0 Å². The van der Waals surface area contributed by atoms with Gasteiger partial charge < -0.3 is 5.73 Å². The first-order valence-electron chi connectivity index (χ1n) is 3.57. The van der Waals surface area contributed by atoms with Gasteiger partial charge in [0.2, 0.25) is 0 Å². The Morgan fingerprint density at radius 2 is 2.50 bits per heavy atom. The van der Waals surface area contributed by atoms with Gasteiger partial charge in [0.15, 0.2) is 0 Å². The minimum absolute atomic E-state index is 0.765. The summed E-state index contributed by atoms with van der Waals surface area (Å²) in [7, 11) is 0. The monoisotopic (exact) mass is 135 g/mol. The van der Waals surface area contributed by atoms with Crippen LogP contribution in [0.2, 0.25) is 0 Å². The lowest BCUT2D eigenvalue weighted by molar-refractivity contribution is 0.900. The minimum Gasteiger partial charge on any atom is -0.402 e. The Morgan fingerprint density at radius 3 is 3.00 bits per heavy atom. The molecule has 54 valence electrons. The summed E-state index contributed by atoms with van der Waals surface area (Å²) >= 11 is 0. The molecule has 0 spiro atoms. The molecule has 0 atom stereocenters. The van der Waals surface area contributed by atoms with E-state index in [1.165, 1.54) is 5.57 Å². The van der Waals surface area contributed by atoms with Gasteiger partial charge in [-0.25, -0.2) is 0 Å². The predicted octanol–water partition coefficient (Wildman–Crippen LogP) is 2.13. The Hall–Kier alpha value is -0.980. The number of rotatable bonds is 2. The first-order chi connectivity index (χ1) is 4.79. The third-order valence-electron chi connectivity index (χ3n) is 1.55. The zero-order valence-corrected chi connectivity index (χ0v) is 6.14. The molecule has 0 aromatic rings. The first kappa shape index (κ1) is 7.13. The second-order valence-electron chi connectivity index (χ2n) is 2.63. The second-order valence-corrected chi connectivity index (χ2v) is 2.63. The standard InChI is InChI=1S/C9H13N/c1-8(10)7-9-5-3-2-4-6-9/h2-3,5H,1,4,6-7,10H2. The van der Waals surface area contributed by atoms with E-state index in [4.69, 9.17) is 5.73 Å². The van der Waals surface area contributed by atoms with Crippen LogP contribution in [0.1, 0.15) is 19.3 Å². The van der Waals surface area contributed by atoms with E-state index >= 15 is 0 Å². The highest BCUT2D eigenvalue weighted by atomic mass is 14.6. The molecule has 0 saturated carbocycles. The van der Waals surface area contributed by atoms with E-state index in [2.05, 4.69) is 24.8 Å². The van der Waals surface area contributed by atoms with Crippen molar-refractivity contribution in [1.29, 1.82) is 0 Å². The Balaban J connectivity index is 2.47. The normalized spacial score (nSPS) is 16.6. The Labute approximate surface area is 61.9 Å². The Morgan fingerprint density at radius 1 is 1.70 bits per heavy atom. The fourth-order valence-electron chi connectivity index (χ4n) is 1.09. The molecular weight excluding hydrogens is 122 g/mol. The summed E-state index contributed by atoms with van der Waals surface area (Å²) in [6, 6.07) is 0. The number of nitrogens with two attached hydrogens (primary N) is 1. The van der Waals surface area contributed by atoms with Crippen molar-refractivity contribution in [3.8, 4) is 0 Å². The van der Waals surface area contributed by atoms with Crippen molar-refractivity contribution in [3.63, 3.8) is 0 Å². The van der Waals surface area contributed by atoms with E-state index in [1.807, 2.05) is 0 Å². The summed E-state index contributed by atoms with van der Waals surface area (Å²) in [6.07, 6.45) is 9.54. The molecule has 0 heterocycles. The van der Waals surface area contributed by atoms with Gasteiger partial charge in [-0.3, -0.25) is 0 Å². The number of hydrogen-bond acceptors (Lipinski definition) is 1. The number of hydrogen-bond donors (Lipinski definition) is 1. The van der Waals surface area contributed by atoms with E-state index in [-0.39, 0.29) is 0 Å². The molecule has 0 aliphatic heterocycles. The average Bonchev–Trinajstić information content (AvgIpc) is 1.88. The first-order valence-corrected chi connectivity index (χ1v) is 3.57. The molecule has 0 saturated heterocycles. The van der Waals surface area contributed by atoms with Gasteiger partial charge in [0.1, 0.15) is 0 Å². The summed E-state index contributed by atoms with van der Waals surface area (Å²) in [5.74, 6) is 0. The van der Waals surface area contributed by atoms with Crippen LogP contribution in [0.5, 0.6) is 0 Å². The van der Waals surface area contributed by atoms with Gasteiger partial charge in [0.05, 0.1) is 0 Å². The number of allylic oxidation sites excluding steroid dienone is 4. The van der Waals surface area contributed by atoms with E-state index in [0.717, 1.165) is 25.0 Å². The van der Waals surface area contributed by atoms with Gasteiger partial charge >= 0.3 is 0 Å². The molecule has 0 amide bonds. The van der Waals surface area contributed by atoms with Crippen molar-refractivity contribution in [2.75, 3.05) is 0 Å². The van der Waals surface area contributed by atoms with Gasteiger partial charge in [-0.15, -0.1) is 0 Å². The minimum atomic E-state index is 0.765. The van der Waals surface area contributed by atoms with Crippen molar-refractivity contribution in [2.45, 2.75) is 19.3 Å². The summed E-state index contributed by atoms with van der Waals surface area (Å²) in [5.41, 5.74) is 7.63. The van der Waals surface area contributed by atoms with Crippen LogP contribution in [0.15, 0.2) is 36.1 Å². The zero-order valence-electron chi connectivity index (χ0n) is 6.14. The molecule has 2 N–H and O–H groups in total. The van der Waals surface area contributed by atoms with Crippen LogP contribution in [0, 0.1) is 0 Å². The Bertz CT molecular complexity index is 187. The van der Waals surface area contributed by atoms with Crippen LogP contribution in [-0.4, -0.2) is 0 Å². The van der Waals surface area contributed by atoms with Crippen molar-refractivity contribution in [2.24, 2.45) is 5.73 Å². The maximum absolute atomic E-state index is 5.46. The van der Waals surface area contributed by atoms with Crippen LogP contribution in [0.4, 0.5) is 0 Å². The lowest BCUT2D eigenvalue weighted by Crippen LogP contribution is -1.97. The molecule has 0 bridgehead atoms. The molecule has 0 unspecified atom stereocenters. The van der Waals surface area contributed by atoms with Gasteiger partial charge in [-0.2, -0.15) is 0 Å². The smallest absolute Gasteiger partial charge is 0.00767 e. The topological polar surface area (TPSA) is 26.0 Å². The molecule has 10 heavy (non-hydrogen) atoms. The van der Waals surface area contributed by atoms with Crippen LogP contribution in [0.3, 0.4) is 0 Å².